The molecule has 0 fully saturated rings. The van der Waals surface area contributed by atoms with Crippen molar-refractivity contribution in [3.05, 3.63) is 60.2 Å². The van der Waals surface area contributed by atoms with Gasteiger partial charge in [0.05, 0.1) is 11.9 Å². The molecule has 2 rings (SSSR count). The minimum Gasteiger partial charge on any atom is -0.481 e. The van der Waals surface area contributed by atoms with E-state index < -0.39 is 16.1 Å². The van der Waals surface area contributed by atoms with Gasteiger partial charge in [-0.15, -0.1) is 0 Å². The zero-order valence-electron chi connectivity index (χ0n) is 16.8. The first kappa shape index (κ1) is 21.8. The van der Waals surface area contributed by atoms with Gasteiger partial charge in [0, 0.05) is 13.6 Å². The molecular weight excluding hydrogens is 376 g/mol. The largest absolute Gasteiger partial charge is 0.481 e. The van der Waals surface area contributed by atoms with Crippen molar-refractivity contribution in [2.24, 2.45) is 0 Å². The molecule has 28 heavy (non-hydrogen) atoms. The number of ether oxygens (including phenoxy) is 1. The summed E-state index contributed by atoms with van der Waals surface area (Å²) in [4.78, 5) is 12.5. The van der Waals surface area contributed by atoms with Crippen molar-refractivity contribution in [2.75, 3.05) is 24.2 Å². The Kier molecular flexibility index (Phi) is 7.45. The number of sulfonamides is 1. The van der Waals surface area contributed by atoms with Crippen LogP contribution in [0.2, 0.25) is 0 Å². The van der Waals surface area contributed by atoms with Crippen molar-refractivity contribution < 1.29 is 17.9 Å². The Morgan fingerprint density at radius 2 is 1.71 bits per heavy atom. The van der Waals surface area contributed by atoms with Gasteiger partial charge < -0.3 is 10.1 Å². The molecule has 0 aliphatic rings. The third kappa shape index (κ3) is 5.99. The van der Waals surface area contributed by atoms with E-state index in [0.717, 1.165) is 6.26 Å². The van der Waals surface area contributed by atoms with Crippen molar-refractivity contribution >= 4 is 21.6 Å². The summed E-state index contributed by atoms with van der Waals surface area (Å²) in [6.45, 7) is 4.48. The number of rotatable bonds is 9. The number of nitrogens with zero attached hydrogens (tertiary/aromatic N) is 1. The van der Waals surface area contributed by atoms with Gasteiger partial charge in [-0.25, -0.2) is 8.42 Å². The first-order valence-corrected chi connectivity index (χ1v) is 11.1. The maximum atomic E-state index is 12.5. The fourth-order valence-electron chi connectivity index (χ4n) is 2.68. The summed E-state index contributed by atoms with van der Waals surface area (Å²) in [7, 11) is -1.83. The lowest BCUT2D eigenvalue weighted by atomic mass is 10.0. The molecule has 0 bridgehead atoms. The number of amides is 1. The van der Waals surface area contributed by atoms with Gasteiger partial charge in [-0.3, -0.25) is 9.10 Å². The molecule has 1 N–H and O–H groups in total. The second-order valence-electron chi connectivity index (χ2n) is 6.80. The van der Waals surface area contributed by atoms with Crippen LogP contribution in [0.5, 0.6) is 5.75 Å². The van der Waals surface area contributed by atoms with Crippen LogP contribution < -0.4 is 14.4 Å². The number of benzene rings is 2. The van der Waals surface area contributed by atoms with E-state index in [1.165, 1.54) is 16.9 Å². The molecule has 2 aromatic rings. The molecule has 0 aliphatic carbocycles. The van der Waals surface area contributed by atoms with E-state index in [4.69, 9.17) is 4.74 Å². The van der Waals surface area contributed by atoms with E-state index in [1.807, 2.05) is 37.3 Å². The number of hydrogen-bond donors (Lipinski definition) is 1. The summed E-state index contributed by atoms with van der Waals surface area (Å²) < 4.78 is 30.2. The molecule has 0 aromatic heterocycles. The number of nitrogens with one attached hydrogen (secondary N) is 1. The van der Waals surface area contributed by atoms with Gasteiger partial charge in [-0.05, 0) is 42.2 Å². The second kappa shape index (κ2) is 9.59. The molecule has 2 atom stereocenters. The van der Waals surface area contributed by atoms with Crippen LogP contribution in [0, 0.1) is 0 Å². The van der Waals surface area contributed by atoms with E-state index in [-0.39, 0.29) is 11.8 Å². The Morgan fingerprint density at radius 3 is 2.25 bits per heavy atom. The van der Waals surface area contributed by atoms with E-state index in [9.17, 15) is 13.2 Å². The minimum atomic E-state index is -3.32. The summed E-state index contributed by atoms with van der Waals surface area (Å²) in [6, 6.07) is 16.6. The average molecular weight is 405 g/mol. The van der Waals surface area contributed by atoms with Gasteiger partial charge in [-0.2, -0.15) is 0 Å². The Balaban J connectivity index is 1.95. The normalized spacial score (nSPS) is 13.4. The maximum absolute atomic E-state index is 12.5. The van der Waals surface area contributed by atoms with Crippen molar-refractivity contribution in [3.8, 4) is 5.75 Å². The zero-order chi connectivity index (χ0) is 20.7. The molecule has 152 valence electrons. The smallest absolute Gasteiger partial charge is 0.261 e. The highest BCUT2D eigenvalue weighted by molar-refractivity contribution is 7.92. The Hall–Kier alpha value is -2.54. The van der Waals surface area contributed by atoms with Crippen molar-refractivity contribution in [1.29, 1.82) is 0 Å². The molecule has 6 nitrogen and oxygen atoms in total. The summed E-state index contributed by atoms with van der Waals surface area (Å²) in [5.41, 5.74) is 1.70. The van der Waals surface area contributed by atoms with Crippen LogP contribution in [0.25, 0.3) is 0 Å². The zero-order valence-corrected chi connectivity index (χ0v) is 17.6. The predicted molar refractivity (Wildman–Crippen MR) is 112 cm³/mol. The topological polar surface area (TPSA) is 75.7 Å². The monoisotopic (exact) mass is 404 g/mol. The van der Waals surface area contributed by atoms with Gasteiger partial charge in [0.15, 0.2) is 6.10 Å². The lowest BCUT2D eigenvalue weighted by Gasteiger charge is -2.20. The number of carbonyl (C=O) groups excluding carboxylic acids is 1. The number of hydrogen-bond acceptors (Lipinski definition) is 4. The van der Waals surface area contributed by atoms with Crippen LogP contribution in [0.15, 0.2) is 54.6 Å². The fraction of sp³-hybridized carbons (Fsp3) is 0.381. The third-order valence-electron chi connectivity index (χ3n) is 4.59. The van der Waals surface area contributed by atoms with Crippen LogP contribution in [-0.2, 0) is 14.8 Å². The second-order valence-corrected chi connectivity index (χ2v) is 8.81. The minimum absolute atomic E-state index is 0.164. The van der Waals surface area contributed by atoms with Gasteiger partial charge >= 0.3 is 0 Å². The highest BCUT2D eigenvalue weighted by Gasteiger charge is 2.19. The highest BCUT2D eigenvalue weighted by Crippen LogP contribution is 2.21. The fourth-order valence-corrected chi connectivity index (χ4v) is 3.18. The maximum Gasteiger partial charge on any atom is 0.261 e. The molecule has 2 aromatic carbocycles. The van der Waals surface area contributed by atoms with Crippen molar-refractivity contribution in [2.45, 2.75) is 32.3 Å². The van der Waals surface area contributed by atoms with Crippen LogP contribution in [0.3, 0.4) is 0 Å². The van der Waals surface area contributed by atoms with Gasteiger partial charge in [0.2, 0.25) is 10.0 Å². The predicted octanol–water partition coefficient (Wildman–Crippen LogP) is 3.16. The van der Waals surface area contributed by atoms with E-state index >= 15 is 0 Å². The Labute approximate surface area is 167 Å². The van der Waals surface area contributed by atoms with Crippen LogP contribution in [0.4, 0.5) is 5.69 Å². The van der Waals surface area contributed by atoms with Gasteiger partial charge in [0.25, 0.3) is 5.91 Å². The van der Waals surface area contributed by atoms with Gasteiger partial charge in [-0.1, -0.05) is 44.2 Å². The highest BCUT2D eigenvalue weighted by atomic mass is 32.2. The lowest BCUT2D eigenvalue weighted by Crippen LogP contribution is -2.39. The van der Waals surface area contributed by atoms with Crippen molar-refractivity contribution in [3.63, 3.8) is 0 Å². The number of carbonyl (C=O) groups is 1. The molecule has 0 heterocycles. The summed E-state index contributed by atoms with van der Waals surface area (Å²) in [6.07, 6.45) is 1.06. The number of anilines is 1. The standard InChI is InChI=1S/C21H28N2O4S/c1-5-20(21(24)22-15-16(2)17-9-7-6-8-10-17)27-19-13-11-18(12-14-19)23(3)28(4,25)26/h6-14,16,20H,5,15H2,1-4H3,(H,22,24)/t16-,20-/m1/s1. The molecule has 7 heteroatoms. The molecule has 0 spiro atoms. The van der Waals surface area contributed by atoms with E-state index in [1.54, 1.807) is 24.3 Å². The molecule has 0 saturated carbocycles. The van der Waals surface area contributed by atoms with Crippen molar-refractivity contribution in [1.82, 2.24) is 5.32 Å². The average Bonchev–Trinajstić information content (AvgIpc) is 2.69. The van der Waals surface area contributed by atoms with Gasteiger partial charge in [0.1, 0.15) is 5.75 Å². The molecule has 0 radical (unpaired) electrons. The molecule has 0 saturated heterocycles. The summed E-state index contributed by atoms with van der Waals surface area (Å²) >= 11 is 0. The quantitative estimate of drug-likeness (QED) is 0.697. The Bertz CT molecular complexity index is 867. The Morgan fingerprint density at radius 1 is 1.11 bits per heavy atom. The third-order valence-corrected chi connectivity index (χ3v) is 5.80. The molecule has 1 amide bonds. The SMILES string of the molecule is CC[C@@H](Oc1ccc(N(C)S(C)(=O)=O)cc1)C(=O)NC[C@@H](C)c1ccccc1. The summed E-state index contributed by atoms with van der Waals surface area (Å²) in [5, 5.41) is 2.95. The first-order valence-electron chi connectivity index (χ1n) is 9.25. The van der Waals surface area contributed by atoms with Crippen LogP contribution in [-0.4, -0.2) is 40.3 Å². The van der Waals surface area contributed by atoms with Crippen LogP contribution in [0.1, 0.15) is 31.7 Å². The molecule has 0 aliphatic heterocycles. The summed E-state index contributed by atoms with van der Waals surface area (Å²) in [5.74, 6) is 0.555. The van der Waals surface area contributed by atoms with Crippen LogP contribution >= 0.6 is 0 Å². The molecular formula is C21H28N2O4S. The molecule has 0 unspecified atom stereocenters. The van der Waals surface area contributed by atoms with E-state index in [0.29, 0.717) is 24.4 Å². The first-order chi connectivity index (χ1) is 13.2. The van der Waals surface area contributed by atoms with E-state index in [2.05, 4.69) is 12.2 Å². The lowest BCUT2D eigenvalue weighted by molar-refractivity contribution is -0.128.